The van der Waals surface area contributed by atoms with E-state index >= 15 is 0 Å². The Labute approximate surface area is 169 Å². The standard InChI is InChI=1S/C18H23N3O6S2/c1-13-11-15(12-18(22)20(13)2)27-14-7-9-21(10-8-14)29(25,26)17-5-3-16(4-6-17)28(19,23)24/h3-6,11-12,14H,7-10H2,1-2H3,(H2,19,23,24). The van der Waals surface area contributed by atoms with E-state index in [4.69, 9.17) is 9.88 Å². The Bertz CT molecular complexity index is 1160. The fourth-order valence-electron chi connectivity index (χ4n) is 3.14. The molecule has 2 heterocycles. The largest absolute Gasteiger partial charge is 0.490 e. The minimum Gasteiger partial charge on any atom is -0.490 e. The summed E-state index contributed by atoms with van der Waals surface area (Å²) in [7, 11) is -5.95. The molecule has 9 nitrogen and oxygen atoms in total. The summed E-state index contributed by atoms with van der Waals surface area (Å²) in [6, 6.07) is 8.02. The van der Waals surface area contributed by atoms with Gasteiger partial charge in [0.2, 0.25) is 20.0 Å². The molecule has 0 radical (unpaired) electrons. The zero-order chi connectivity index (χ0) is 21.4. The average molecular weight is 442 g/mol. The lowest BCUT2D eigenvalue weighted by Crippen LogP contribution is -2.41. The van der Waals surface area contributed by atoms with Crippen LogP contribution in [0.1, 0.15) is 18.5 Å². The van der Waals surface area contributed by atoms with Crippen LogP contribution in [0.5, 0.6) is 5.75 Å². The van der Waals surface area contributed by atoms with Crippen molar-refractivity contribution < 1.29 is 21.6 Å². The molecule has 2 aromatic rings. The van der Waals surface area contributed by atoms with E-state index in [9.17, 15) is 21.6 Å². The Balaban J connectivity index is 1.67. The number of aromatic nitrogens is 1. The Kier molecular flexibility index (Phi) is 5.86. The monoisotopic (exact) mass is 441 g/mol. The van der Waals surface area contributed by atoms with Crippen LogP contribution in [0.15, 0.2) is 51.0 Å². The van der Waals surface area contributed by atoms with E-state index in [0.717, 1.165) is 5.69 Å². The second-order valence-electron chi connectivity index (χ2n) is 6.97. The van der Waals surface area contributed by atoms with Gasteiger partial charge in [0.05, 0.1) is 9.79 Å². The van der Waals surface area contributed by atoms with Gasteiger partial charge in [0.15, 0.2) is 0 Å². The first-order valence-electron chi connectivity index (χ1n) is 8.96. The molecule has 0 amide bonds. The first-order chi connectivity index (χ1) is 13.5. The summed E-state index contributed by atoms with van der Waals surface area (Å²) in [5, 5.41) is 5.04. The summed E-state index contributed by atoms with van der Waals surface area (Å²) in [5.74, 6) is 0.477. The Hall–Kier alpha value is -2.21. The third-order valence-electron chi connectivity index (χ3n) is 4.97. The lowest BCUT2D eigenvalue weighted by atomic mass is 10.1. The van der Waals surface area contributed by atoms with Crippen molar-refractivity contribution in [1.82, 2.24) is 8.87 Å². The number of rotatable bonds is 5. The molecule has 1 fully saturated rings. The fourth-order valence-corrected chi connectivity index (χ4v) is 5.12. The molecule has 158 valence electrons. The highest BCUT2D eigenvalue weighted by atomic mass is 32.2. The van der Waals surface area contributed by atoms with Crippen molar-refractivity contribution in [3.8, 4) is 5.75 Å². The molecule has 0 saturated carbocycles. The molecule has 11 heteroatoms. The molecule has 1 aliphatic rings. The summed E-state index contributed by atoms with van der Waals surface area (Å²) in [6.07, 6.45) is 0.753. The zero-order valence-electron chi connectivity index (χ0n) is 16.1. The summed E-state index contributed by atoms with van der Waals surface area (Å²) in [5.41, 5.74) is 0.610. The maximum atomic E-state index is 12.8. The van der Waals surface area contributed by atoms with Crippen molar-refractivity contribution in [3.63, 3.8) is 0 Å². The lowest BCUT2D eigenvalue weighted by Gasteiger charge is -2.31. The van der Waals surface area contributed by atoms with Crippen molar-refractivity contribution in [1.29, 1.82) is 0 Å². The van der Waals surface area contributed by atoms with E-state index in [-0.39, 0.29) is 34.5 Å². The number of benzene rings is 1. The van der Waals surface area contributed by atoms with Crippen LogP contribution in [0.4, 0.5) is 0 Å². The van der Waals surface area contributed by atoms with Gasteiger partial charge >= 0.3 is 0 Å². The third kappa shape index (κ3) is 4.69. The number of aryl methyl sites for hydroxylation is 1. The van der Waals surface area contributed by atoms with Gasteiger partial charge in [-0.2, -0.15) is 4.31 Å². The van der Waals surface area contributed by atoms with Crippen molar-refractivity contribution in [3.05, 3.63) is 52.4 Å². The number of hydrogen-bond donors (Lipinski definition) is 1. The van der Waals surface area contributed by atoms with Gasteiger partial charge in [0.1, 0.15) is 11.9 Å². The lowest BCUT2D eigenvalue weighted by molar-refractivity contribution is 0.134. The van der Waals surface area contributed by atoms with E-state index in [1.807, 2.05) is 6.92 Å². The van der Waals surface area contributed by atoms with Crippen LogP contribution in [0.25, 0.3) is 0 Å². The molecule has 0 bridgehead atoms. The molecule has 29 heavy (non-hydrogen) atoms. The average Bonchev–Trinajstić information content (AvgIpc) is 2.66. The Morgan fingerprint density at radius 2 is 1.55 bits per heavy atom. The number of nitrogens with zero attached hydrogens (tertiary/aromatic N) is 2. The highest BCUT2D eigenvalue weighted by Crippen LogP contribution is 2.24. The van der Waals surface area contributed by atoms with Crippen LogP contribution in [0.2, 0.25) is 0 Å². The fraction of sp³-hybridized carbons (Fsp3) is 0.389. The van der Waals surface area contributed by atoms with Crippen LogP contribution < -0.4 is 15.4 Å². The van der Waals surface area contributed by atoms with Gasteiger partial charge in [-0.3, -0.25) is 4.79 Å². The zero-order valence-corrected chi connectivity index (χ0v) is 17.7. The quantitative estimate of drug-likeness (QED) is 0.722. The first kappa shape index (κ1) is 21.5. The first-order valence-corrected chi connectivity index (χ1v) is 11.9. The molecular formula is C18H23N3O6S2. The van der Waals surface area contributed by atoms with Crippen molar-refractivity contribution in [2.75, 3.05) is 13.1 Å². The SMILES string of the molecule is Cc1cc(OC2CCN(S(=O)(=O)c3ccc(S(N)(=O)=O)cc3)CC2)cc(=O)n1C. The van der Waals surface area contributed by atoms with Crippen LogP contribution in [-0.4, -0.2) is 44.9 Å². The van der Waals surface area contributed by atoms with Gasteiger partial charge in [-0.15, -0.1) is 0 Å². The molecule has 0 atom stereocenters. The van der Waals surface area contributed by atoms with E-state index in [0.29, 0.717) is 18.6 Å². The van der Waals surface area contributed by atoms with Gasteiger partial charge in [0, 0.05) is 31.9 Å². The van der Waals surface area contributed by atoms with E-state index < -0.39 is 20.0 Å². The van der Waals surface area contributed by atoms with Gasteiger partial charge in [0.25, 0.3) is 5.56 Å². The van der Waals surface area contributed by atoms with Crippen molar-refractivity contribution >= 4 is 20.0 Å². The molecule has 3 rings (SSSR count). The van der Waals surface area contributed by atoms with Gasteiger partial charge in [-0.05, 0) is 50.1 Å². The van der Waals surface area contributed by atoms with Crippen molar-refractivity contribution in [2.45, 2.75) is 35.7 Å². The number of nitrogens with two attached hydrogens (primary N) is 1. The predicted molar refractivity (Wildman–Crippen MR) is 107 cm³/mol. The highest BCUT2D eigenvalue weighted by molar-refractivity contribution is 7.89. The molecule has 0 unspecified atom stereocenters. The highest BCUT2D eigenvalue weighted by Gasteiger charge is 2.30. The second-order valence-corrected chi connectivity index (χ2v) is 10.5. The van der Waals surface area contributed by atoms with Crippen molar-refractivity contribution in [2.24, 2.45) is 12.2 Å². The summed E-state index contributed by atoms with van der Waals surface area (Å²) < 4.78 is 57.0. The number of sulfonamides is 2. The van der Waals surface area contributed by atoms with E-state index in [1.54, 1.807) is 13.1 Å². The summed E-state index contributed by atoms with van der Waals surface area (Å²) in [6.45, 7) is 2.33. The molecule has 1 aromatic heterocycles. The summed E-state index contributed by atoms with van der Waals surface area (Å²) >= 11 is 0. The molecule has 1 saturated heterocycles. The van der Waals surface area contributed by atoms with Gasteiger partial charge < -0.3 is 9.30 Å². The smallest absolute Gasteiger partial charge is 0.254 e. The minimum absolute atomic E-state index is 0.00597. The Morgan fingerprint density at radius 1 is 1.00 bits per heavy atom. The number of primary sulfonamides is 1. The number of piperidine rings is 1. The molecule has 1 aliphatic heterocycles. The summed E-state index contributed by atoms with van der Waals surface area (Å²) in [4.78, 5) is 11.7. The predicted octanol–water partition coefficient (Wildman–Crippen LogP) is 0.573. The van der Waals surface area contributed by atoms with Crippen LogP contribution in [0.3, 0.4) is 0 Å². The van der Waals surface area contributed by atoms with Crippen LogP contribution >= 0.6 is 0 Å². The Morgan fingerprint density at radius 3 is 2.07 bits per heavy atom. The molecule has 0 spiro atoms. The maximum Gasteiger partial charge on any atom is 0.254 e. The molecule has 1 aromatic carbocycles. The van der Waals surface area contributed by atoms with E-state index in [1.165, 1.54) is 39.2 Å². The number of hydrogen-bond acceptors (Lipinski definition) is 6. The second kappa shape index (κ2) is 7.90. The minimum atomic E-state index is -3.88. The van der Waals surface area contributed by atoms with Crippen LogP contribution in [0, 0.1) is 6.92 Å². The number of ether oxygens (including phenoxy) is 1. The third-order valence-corrected chi connectivity index (χ3v) is 7.81. The van der Waals surface area contributed by atoms with E-state index in [2.05, 4.69) is 0 Å². The maximum absolute atomic E-state index is 12.8. The molecular weight excluding hydrogens is 418 g/mol. The van der Waals surface area contributed by atoms with Gasteiger partial charge in [-0.1, -0.05) is 0 Å². The topological polar surface area (TPSA) is 129 Å². The number of pyridine rings is 1. The molecule has 0 aliphatic carbocycles. The van der Waals surface area contributed by atoms with Gasteiger partial charge in [-0.25, -0.2) is 22.0 Å². The normalized spacial score (nSPS) is 16.7. The molecule has 2 N–H and O–H groups in total. The van der Waals surface area contributed by atoms with Crippen LogP contribution in [-0.2, 0) is 27.1 Å².